The van der Waals surface area contributed by atoms with Crippen LogP contribution < -0.4 is 5.32 Å². The summed E-state index contributed by atoms with van der Waals surface area (Å²) >= 11 is 11.4. The Balaban J connectivity index is 2.89. The SMILES string of the molecule is CCNc1cc(Cl)cc(Cl)n1. The number of aromatic nitrogens is 1. The minimum atomic E-state index is 0.411. The summed E-state index contributed by atoms with van der Waals surface area (Å²) in [7, 11) is 0. The molecule has 4 heteroatoms. The summed E-state index contributed by atoms with van der Waals surface area (Å²) in [6.07, 6.45) is 0. The van der Waals surface area contributed by atoms with Crippen LogP contribution in [0.1, 0.15) is 6.92 Å². The molecule has 0 aliphatic rings. The van der Waals surface area contributed by atoms with Crippen LogP contribution in [0.3, 0.4) is 0 Å². The van der Waals surface area contributed by atoms with Crippen molar-refractivity contribution in [3.05, 3.63) is 22.3 Å². The Morgan fingerprint density at radius 1 is 1.45 bits per heavy atom. The zero-order chi connectivity index (χ0) is 8.27. The molecular weight excluding hydrogens is 183 g/mol. The van der Waals surface area contributed by atoms with Gasteiger partial charge < -0.3 is 5.32 Å². The minimum Gasteiger partial charge on any atom is -0.370 e. The molecule has 0 spiro atoms. The van der Waals surface area contributed by atoms with E-state index in [0.717, 1.165) is 6.54 Å². The quantitative estimate of drug-likeness (QED) is 0.727. The van der Waals surface area contributed by atoms with Crippen molar-refractivity contribution in [3.8, 4) is 0 Å². The Hall–Kier alpha value is -0.470. The van der Waals surface area contributed by atoms with Gasteiger partial charge in [0.05, 0.1) is 0 Å². The average molecular weight is 191 g/mol. The second kappa shape index (κ2) is 3.79. The minimum absolute atomic E-state index is 0.411. The van der Waals surface area contributed by atoms with Crippen molar-refractivity contribution in [3.63, 3.8) is 0 Å². The van der Waals surface area contributed by atoms with E-state index in [1.54, 1.807) is 12.1 Å². The van der Waals surface area contributed by atoms with Crippen molar-refractivity contribution in [1.29, 1.82) is 0 Å². The summed E-state index contributed by atoms with van der Waals surface area (Å²) in [4.78, 5) is 3.99. The fourth-order valence-electron chi connectivity index (χ4n) is 0.737. The second-order valence-electron chi connectivity index (χ2n) is 2.02. The molecule has 1 heterocycles. The van der Waals surface area contributed by atoms with Crippen LogP contribution in [0.15, 0.2) is 12.1 Å². The highest BCUT2D eigenvalue weighted by molar-refractivity contribution is 6.34. The van der Waals surface area contributed by atoms with Gasteiger partial charge in [0, 0.05) is 11.6 Å². The molecule has 0 unspecified atom stereocenters. The highest BCUT2D eigenvalue weighted by atomic mass is 35.5. The van der Waals surface area contributed by atoms with Crippen molar-refractivity contribution in [2.45, 2.75) is 6.92 Å². The van der Waals surface area contributed by atoms with E-state index in [0.29, 0.717) is 16.0 Å². The molecule has 1 rings (SSSR count). The summed E-state index contributed by atoms with van der Waals surface area (Å²) in [5, 5.41) is 4.02. The monoisotopic (exact) mass is 190 g/mol. The molecule has 0 aliphatic carbocycles. The molecule has 0 saturated heterocycles. The van der Waals surface area contributed by atoms with Gasteiger partial charge in [-0.2, -0.15) is 0 Å². The molecule has 2 nitrogen and oxygen atoms in total. The molecule has 0 aliphatic heterocycles. The van der Waals surface area contributed by atoms with Crippen LogP contribution in [-0.2, 0) is 0 Å². The molecule has 60 valence electrons. The molecule has 1 N–H and O–H groups in total. The van der Waals surface area contributed by atoms with Crippen molar-refractivity contribution in [1.82, 2.24) is 4.98 Å². The van der Waals surface area contributed by atoms with Crippen LogP contribution in [0.2, 0.25) is 10.2 Å². The number of rotatable bonds is 2. The predicted molar refractivity (Wildman–Crippen MR) is 48.4 cm³/mol. The van der Waals surface area contributed by atoms with Crippen LogP contribution in [0, 0.1) is 0 Å². The fraction of sp³-hybridized carbons (Fsp3) is 0.286. The van der Waals surface area contributed by atoms with Crippen molar-refractivity contribution < 1.29 is 0 Å². The fourth-order valence-corrected chi connectivity index (χ4v) is 1.21. The summed E-state index contributed by atoms with van der Waals surface area (Å²) in [5.41, 5.74) is 0. The van der Waals surface area contributed by atoms with Gasteiger partial charge in [-0.25, -0.2) is 4.98 Å². The lowest BCUT2D eigenvalue weighted by Crippen LogP contribution is -1.98. The topological polar surface area (TPSA) is 24.9 Å². The van der Waals surface area contributed by atoms with Crippen LogP contribution in [0.4, 0.5) is 5.82 Å². The molecule has 0 atom stereocenters. The van der Waals surface area contributed by atoms with E-state index >= 15 is 0 Å². The molecule has 0 amide bonds. The largest absolute Gasteiger partial charge is 0.370 e. The lowest BCUT2D eigenvalue weighted by atomic mass is 10.4. The Morgan fingerprint density at radius 2 is 2.18 bits per heavy atom. The molecule has 0 radical (unpaired) electrons. The summed E-state index contributed by atoms with van der Waals surface area (Å²) in [5.74, 6) is 0.713. The van der Waals surface area contributed by atoms with Gasteiger partial charge in [-0.15, -0.1) is 0 Å². The normalized spacial score (nSPS) is 9.73. The number of hydrogen-bond donors (Lipinski definition) is 1. The number of nitrogens with zero attached hydrogens (tertiary/aromatic N) is 1. The third-order valence-corrected chi connectivity index (χ3v) is 1.53. The van der Waals surface area contributed by atoms with Crippen LogP contribution in [0.5, 0.6) is 0 Å². The van der Waals surface area contributed by atoms with Crippen LogP contribution >= 0.6 is 23.2 Å². The van der Waals surface area contributed by atoms with Gasteiger partial charge in [0.1, 0.15) is 11.0 Å². The zero-order valence-corrected chi connectivity index (χ0v) is 7.58. The highest BCUT2D eigenvalue weighted by Gasteiger charge is 1.96. The number of nitrogens with one attached hydrogen (secondary N) is 1. The molecule has 0 bridgehead atoms. The summed E-state index contributed by atoms with van der Waals surface area (Å²) in [6, 6.07) is 3.33. The highest BCUT2D eigenvalue weighted by Crippen LogP contribution is 2.17. The van der Waals surface area contributed by atoms with Gasteiger partial charge in [-0.05, 0) is 19.1 Å². The van der Waals surface area contributed by atoms with E-state index in [1.165, 1.54) is 0 Å². The van der Waals surface area contributed by atoms with E-state index in [9.17, 15) is 0 Å². The van der Waals surface area contributed by atoms with Crippen molar-refractivity contribution in [2.24, 2.45) is 0 Å². The Labute approximate surface area is 75.5 Å². The molecule has 1 aromatic heterocycles. The number of anilines is 1. The first kappa shape index (κ1) is 8.62. The molecule has 11 heavy (non-hydrogen) atoms. The van der Waals surface area contributed by atoms with Crippen molar-refractivity contribution >= 4 is 29.0 Å². The molecular formula is C7H8Cl2N2. The number of halogens is 2. The van der Waals surface area contributed by atoms with Gasteiger partial charge >= 0.3 is 0 Å². The Kier molecular flexibility index (Phi) is 2.97. The molecule has 1 aromatic rings. The first-order valence-electron chi connectivity index (χ1n) is 3.29. The molecule has 0 aromatic carbocycles. The number of pyridine rings is 1. The Morgan fingerprint density at radius 3 is 2.73 bits per heavy atom. The van der Waals surface area contributed by atoms with E-state index in [1.807, 2.05) is 6.92 Å². The summed E-state index contributed by atoms with van der Waals surface area (Å²) in [6.45, 7) is 2.79. The van der Waals surface area contributed by atoms with Gasteiger partial charge in [0.25, 0.3) is 0 Å². The van der Waals surface area contributed by atoms with Gasteiger partial charge in [-0.1, -0.05) is 23.2 Å². The lowest BCUT2D eigenvalue weighted by molar-refractivity contribution is 1.16. The third-order valence-electron chi connectivity index (χ3n) is 1.12. The van der Waals surface area contributed by atoms with E-state index in [-0.39, 0.29) is 0 Å². The zero-order valence-electron chi connectivity index (χ0n) is 6.06. The van der Waals surface area contributed by atoms with Gasteiger partial charge in [0.15, 0.2) is 0 Å². The maximum atomic E-state index is 5.72. The summed E-state index contributed by atoms with van der Waals surface area (Å²) < 4.78 is 0. The smallest absolute Gasteiger partial charge is 0.132 e. The maximum Gasteiger partial charge on any atom is 0.132 e. The van der Waals surface area contributed by atoms with E-state index < -0.39 is 0 Å². The second-order valence-corrected chi connectivity index (χ2v) is 2.85. The first-order valence-corrected chi connectivity index (χ1v) is 4.05. The lowest BCUT2D eigenvalue weighted by Gasteiger charge is -2.01. The van der Waals surface area contributed by atoms with Gasteiger partial charge in [0.2, 0.25) is 0 Å². The number of hydrogen-bond acceptors (Lipinski definition) is 2. The van der Waals surface area contributed by atoms with Crippen LogP contribution in [0.25, 0.3) is 0 Å². The molecule has 0 saturated carbocycles. The first-order chi connectivity index (χ1) is 5.22. The predicted octanol–water partition coefficient (Wildman–Crippen LogP) is 2.82. The van der Waals surface area contributed by atoms with Gasteiger partial charge in [-0.3, -0.25) is 0 Å². The molecule has 0 fully saturated rings. The Bertz CT molecular complexity index is 230. The van der Waals surface area contributed by atoms with Crippen molar-refractivity contribution in [2.75, 3.05) is 11.9 Å². The van der Waals surface area contributed by atoms with E-state index in [4.69, 9.17) is 23.2 Å². The van der Waals surface area contributed by atoms with Crippen LogP contribution in [-0.4, -0.2) is 11.5 Å². The maximum absolute atomic E-state index is 5.72. The standard InChI is InChI=1S/C7H8Cl2N2/c1-2-10-7-4-5(8)3-6(9)11-7/h3-4H,2H2,1H3,(H,10,11). The average Bonchev–Trinajstić information content (AvgIpc) is 1.85. The third kappa shape index (κ3) is 2.56. The van der Waals surface area contributed by atoms with E-state index in [2.05, 4.69) is 10.3 Å².